The molecule has 0 spiro atoms. The third kappa shape index (κ3) is 2.92. The standard InChI is InChI=1S/C18H17N5O2/c19-9-13-5-2-1-4-12(13)8-16-21-17-15(18(24)22-16)10-20-23(17)14-6-3-7-25-11-14/h1-2,4-5,10,14H,3,6-8,11H2,(H,21,22,24). The van der Waals surface area contributed by atoms with E-state index in [1.807, 2.05) is 18.2 Å². The molecule has 4 rings (SSSR count). The molecule has 1 aliphatic rings. The van der Waals surface area contributed by atoms with Crippen LogP contribution in [0.5, 0.6) is 0 Å². The van der Waals surface area contributed by atoms with Crippen molar-refractivity contribution in [1.29, 1.82) is 5.26 Å². The van der Waals surface area contributed by atoms with Crippen LogP contribution in [0.25, 0.3) is 11.0 Å². The highest BCUT2D eigenvalue weighted by atomic mass is 16.5. The molecule has 3 aromatic rings. The number of nitrogens with zero attached hydrogens (tertiary/aromatic N) is 4. The van der Waals surface area contributed by atoms with E-state index in [0.29, 0.717) is 35.4 Å². The summed E-state index contributed by atoms with van der Waals surface area (Å²) in [6.07, 6.45) is 3.87. The molecule has 1 aromatic carbocycles. The Morgan fingerprint density at radius 1 is 1.40 bits per heavy atom. The zero-order chi connectivity index (χ0) is 17.2. The van der Waals surface area contributed by atoms with Gasteiger partial charge >= 0.3 is 0 Å². The molecular weight excluding hydrogens is 318 g/mol. The number of H-pyrrole nitrogens is 1. The van der Waals surface area contributed by atoms with E-state index >= 15 is 0 Å². The largest absolute Gasteiger partial charge is 0.379 e. The predicted octanol–water partition coefficient (Wildman–Crippen LogP) is 1.93. The fourth-order valence-corrected chi connectivity index (χ4v) is 3.21. The lowest BCUT2D eigenvalue weighted by molar-refractivity contribution is 0.0563. The monoisotopic (exact) mass is 335 g/mol. The van der Waals surface area contributed by atoms with Gasteiger partial charge in [0.1, 0.15) is 11.2 Å². The Morgan fingerprint density at radius 2 is 2.28 bits per heavy atom. The zero-order valence-electron chi connectivity index (χ0n) is 13.6. The first-order valence-corrected chi connectivity index (χ1v) is 8.28. The smallest absolute Gasteiger partial charge is 0.262 e. The van der Waals surface area contributed by atoms with E-state index in [2.05, 4.69) is 21.1 Å². The third-order valence-electron chi connectivity index (χ3n) is 4.49. The normalized spacial score (nSPS) is 17.5. The summed E-state index contributed by atoms with van der Waals surface area (Å²) in [6.45, 7) is 1.35. The molecule has 1 N–H and O–H groups in total. The molecule has 25 heavy (non-hydrogen) atoms. The van der Waals surface area contributed by atoms with Gasteiger partial charge < -0.3 is 9.72 Å². The molecule has 1 saturated heterocycles. The highest BCUT2D eigenvalue weighted by Crippen LogP contribution is 2.22. The van der Waals surface area contributed by atoms with Crippen LogP contribution in [0.2, 0.25) is 0 Å². The number of hydrogen-bond donors (Lipinski definition) is 1. The Kier molecular flexibility index (Phi) is 4.04. The lowest BCUT2D eigenvalue weighted by atomic mass is 10.1. The minimum absolute atomic E-state index is 0.0970. The topological polar surface area (TPSA) is 96.6 Å². The molecule has 7 heteroatoms. The third-order valence-corrected chi connectivity index (χ3v) is 4.49. The average Bonchev–Trinajstić information content (AvgIpc) is 3.07. The zero-order valence-corrected chi connectivity index (χ0v) is 13.6. The minimum Gasteiger partial charge on any atom is -0.379 e. The summed E-state index contributed by atoms with van der Waals surface area (Å²) in [5.74, 6) is 0.527. The molecule has 3 heterocycles. The van der Waals surface area contributed by atoms with Crippen molar-refractivity contribution in [2.45, 2.75) is 25.3 Å². The lowest BCUT2D eigenvalue weighted by Gasteiger charge is -2.22. The minimum atomic E-state index is -0.211. The van der Waals surface area contributed by atoms with E-state index in [-0.39, 0.29) is 11.6 Å². The molecule has 2 aromatic heterocycles. The fraction of sp³-hybridized carbons (Fsp3) is 0.333. The van der Waals surface area contributed by atoms with E-state index in [1.54, 1.807) is 16.9 Å². The van der Waals surface area contributed by atoms with Crippen LogP contribution in [0.3, 0.4) is 0 Å². The van der Waals surface area contributed by atoms with Crippen LogP contribution in [0.1, 0.15) is 35.8 Å². The number of nitrogens with one attached hydrogen (secondary N) is 1. The predicted molar refractivity (Wildman–Crippen MR) is 91.2 cm³/mol. The van der Waals surface area contributed by atoms with Crippen LogP contribution in [0.4, 0.5) is 0 Å². The fourth-order valence-electron chi connectivity index (χ4n) is 3.21. The maximum absolute atomic E-state index is 12.4. The van der Waals surface area contributed by atoms with E-state index in [9.17, 15) is 10.1 Å². The summed E-state index contributed by atoms with van der Waals surface area (Å²) < 4.78 is 7.33. The Labute approximate surface area is 143 Å². The number of hydrogen-bond acceptors (Lipinski definition) is 5. The Morgan fingerprint density at radius 3 is 3.08 bits per heavy atom. The van der Waals surface area contributed by atoms with Crippen LogP contribution in [-0.2, 0) is 11.2 Å². The first kappa shape index (κ1) is 15.5. The van der Waals surface area contributed by atoms with Gasteiger partial charge in [-0.05, 0) is 24.5 Å². The summed E-state index contributed by atoms with van der Waals surface area (Å²) in [5.41, 5.74) is 1.78. The van der Waals surface area contributed by atoms with Crippen LogP contribution in [-0.4, -0.2) is 33.0 Å². The average molecular weight is 335 g/mol. The van der Waals surface area contributed by atoms with Gasteiger partial charge in [0.15, 0.2) is 5.65 Å². The molecule has 1 fully saturated rings. The SMILES string of the molecule is N#Cc1ccccc1Cc1nc2c(cnn2C2CCCOC2)c(=O)[nH]1. The van der Waals surface area contributed by atoms with Gasteiger partial charge in [0.25, 0.3) is 5.56 Å². The number of ether oxygens (including phenoxy) is 1. The van der Waals surface area contributed by atoms with E-state index < -0.39 is 0 Å². The van der Waals surface area contributed by atoms with Gasteiger partial charge in [0, 0.05) is 13.0 Å². The van der Waals surface area contributed by atoms with Gasteiger partial charge in [-0.3, -0.25) is 4.79 Å². The van der Waals surface area contributed by atoms with Crippen LogP contribution in [0.15, 0.2) is 35.3 Å². The van der Waals surface area contributed by atoms with Gasteiger partial charge in [-0.25, -0.2) is 9.67 Å². The summed E-state index contributed by atoms with van der Waals surface area (Å²) in [7, 11) is 0. The molecule has 1 atom stereocenters. The van der Waals surface area contributed by atoms with Crippen molar-refractivity contribution in [2.24, 2.45) is 0 Å². The van der Waals surface area contributed by atoms with Crippen molar-refractivity contribution < 1.29 is 4.74 Å². The second-order valence-corrected chi connectivity index (χ2v) is 6.16. The molecule has 126 valence electrons. The molecule has 1 aliphatic heterocycles. The molecule has 7 nitrogen and oxygen atoms in total. The second-order valence-electron chi connectivity index (χ2n) is 6.16. The van der Waals surface area contributed by atoms with E-state index in [1.165, 1.54) is 0 Å². The van der Waals surface area contributed by atoms with Crippen LogP contribution in [0, 0.1) is 11.3 Å². The highest BCUT2D eigenvalue weighted by Gasteiger charge is 2.20. The molecular formula is C18H17N5O2. The van der Waals surface area contributed by atoms with Crippen molar-refractivity contribution in [3.63, 3.8) is 0 Å². The summed E-state index contributed by atoms with van der Waals surface area (Å²) in [4.78, 5) is 19.8. The van der Waals surface area contributed by atoms with Crippen molar-refractivity contribution in [3.8, 4) is 6.07 Å². The van der Waals surface area contributed by atoms with Crippen molar-refractivity contribution >= 4 is 11.0 Å². The van der Waals surface area contributed by atoms with Gasteiger partial charge in [0.2, 0.25) is 0 Å². The van der Waals surface area contributed by atoms with Crippen molar-refractivity contribution in [1.82, 2.24) is 19.7 Å². The first-order valence-electron chi connectivity index (χ1n) is 8.28. The maximum atomic E-state index is 12.4. The number of aromatic amines is 1. The number of aromatic nitrogens is 4. The summed E-state index contributed by atoms with van der Waals surface area (Å²) in [5, 5.41) is 14.1. The molecule has 1 unspecified atom stereocenters. The molecule has 0 saturated carbocycles. The number of rotatable bonds is 3. The maximum Gasteiger partial charge on any atom is 0.262 e. The summed E-state index contributed by atoms with van der Waals surface area (Å²) in [6, 6.07) is 9.59. The lowest BCUT2D eigenvalue weighted by Crippen LogP contribution is -2.23. The quantitative estimate of drug-likeness (QED) is 0.789. The molecule has 0 radical (unpaired) electrons. The van der Waals surface area contributed by atoms with E-state index in [0.717, 1.165) is 25.0 Å². The molecule has 0 bridgehead atoms. The number of benzene rings is 1. The van der Waals surface area contributed by atoms with Gasteiger partial charge in [-0.2, -0.15) is 10.4 Å². The Balaban J connectivity index is 1.75. The van der Waals surface area contributed by atoms with Gasteiger partial charge in [-0.1, -0.05) is 18.2 Å². The second kappa shape index (κ2) is 6.49. The first-order chi connectivity index (χ1) is 12.3. The Bertz CT molecular complexity index is 1010. The number of fused-ring (bicyclic) bond motifs is 1. The van der Waals surface area contributed by atoms with E-state index in [4.69, 9.17) is 4.74 Å². The summed E-state index contributed by atoms with van der Waals surface area (Å²) >= 11 is 0. The number of nitriles is 1. The van der Waals surface area contributed by atoms with Gasteiger partial charge in [-0.15, -0.1) is 0 Å². The molecule has 0 aliphatic carbocycles. The Hall–Kier alpha value is -2.98. The van der Waals surface area contributed by atoms with Crippen molar-refractivity contribution in [2.75, 3.05) is 13.2 Å². The molecule has 0 amide bonds. The van der Waals surface area contributed by atoms with Crippen molar-refractivity contribution in [3.05, 3.63) is 57.8 Å². The van der Waals surface area contributed by atoms with Crippen LogP contribution < -0.4 is 5.56 Å². The highest BCUT2D eigenvalue weighted by molar-refractivity contribution is 5.73. The van der Waals surface area contributed by atoms with Gasteiger partial charge in [0.05, 0.1) is 30.5 Å². The van der Waals surface area contributed by atoms with Crippen LogP contribution >= 0.6 is 0 Å².